The molecule has 2 rings (SSSR count). The smallest absolute Gasteiger partial charge is 0.276 e. The van der Waals surface area contributed by atoms with Gasteiger partial charge >= 0.3 is 0 Å². The monoisotopic (exact) mass is 290 g/mol. The Morgan fingerprint density at radius 2 is 2.14 bits per heavy atom. The van der Waals surface area contributed by atoms with E-state index in [-0.39, 0.29) is 24.0 Å². The zero-order chi connectivity index (χ0) is 15.4. The van der Waals surface area contributed by atoms with Gasteiger partial charge in [0, 0.05) is 19.2 Å². The molecule has 21 heavy (non-hydrogen) atoms. The van der Waals surface area contributed by atoms with Crippen molar-refractivity contribution in [2.45, 2.75) is 26.3 Å². The summed E-state index contributed by atoms with van der Waals surface area (Å²) in [5.74, 6) is -0.659. The number of carbonyl (C=O) groups is 1. The number of aromatic nitrogens is 2. The largest absolute Gasteiger partial charge is 0.395 e. The average molecular weight is 290 g/mol. The topological polar surface area (TPSA) is 75.0 Å². The summed E-state index contributed by atoms with van der Waals surface area (Å²) in [6.45, 7) is 2.19. The molecule has 3 N–H and O–H groups in total. The van der Waals surface area contributed by atoms with Crippen LogP contribution < -0.4 is 5.73 Å². The summed E-state index contributed by atoms with van der Waals surface area (Å²) < 4.78 is 13.6. The van der Waals surface area contributed by atoms with Crippen LogP contribution in [0.15, 0.2) is 24.3 Å². The van der Waals surface area contributed by atoms with E-state index >= 15 is 0 Å². The van der Waals surface area contributed by atoms with E-state index in [0.717, 1.165) is 18.5 Å². The zero-order valence-corrected chi connectivity index (χ0v) is 12.2. The summed E-state index contributed by atoms with van der Waals surface area (Å²) in [5.41, 5.74) is 7.72. The summed E-state index contributed by atoms with van der Waals surface area (Å²) in [4.78, 5) is 13.7. The first kappa shape index (κ1) is 15.0. The molecule has 1 amide bonds. The molecular formula is C15H19FN4O. The van der Waals surface area contributed by atoms with Crippen molar-refractivity contribution in [1.82, 2.24) is 15.1 Å². The van der Waals surface area contributed by atoms with Crippen molar-refractivity contribution in [3.63, 3.8) is 0 Å². The second-order valence-corrected chi connectivity index (χ2v) is 4.97. The molecule has 1 aromatic carbocycles. The molecular weight excluding hydrogens is 271 g/mol. The number of benzene rings is 1. The highest BCUT2D eigenvalue weighted by Gasteiger charge is 2.21. The molecule has 6 heteroatoms. The number of nitrogens with zero attached hydrogens (tertiary/aromatic N) is 2. The molecule has 1 aromatic heterocycles. The van der Waals surface area contributed by atoms with Gasteiger partial charge in [0.05, 0.1) is 11.4 Å². The Balaban J connectivity index is 2.14. The van der Waals surface area contributed by atoms with Crippen LogP contribution in [0.25, 0.3) is 0 Å². The zero-order valence-electron chi connectivity index (χ0n) is 12.2. The molecule has 1 heterocycles. The van der Waals surface area contributed by atoms with E-state index in [4.69, 9.17) is 5.73 Å². The molecule has 5 nitrogen and oxygen atoms in total. The van der Waals surface area contributed by atoms with Gasteiger partial charge in [-0.15, -0.1) is 0 Å². The van der Waals surface area contributed by atoms with Gasteiger partial charge in [-0.3, -0.25) is 9.89 Å². The van der Waals surface area contributed by atoms with Crippen LogP contribution in [0.4, 0.5) is 10.1 Å². The Morgan fingerprint density at radius 3 is 2.81 bits per heavy atom. The fourth-order valence-electron chi connectivity index (χ4n) is 2.13. The predicted octanol–water partition coefficient (Wildman–Crippen LogP) is 2.36. The van der Waals surface area contributed by atoms with Crippen LogP contribution >= 0.6 is 0 Å². The van der Waals surface area contributed by atoms with Gasteiger partial charge in [0.15, 0.2) is 5.69 Å². The number of hydrogen-bond acceptors (Lipinski definition) is 3. The van der Waals surface area contributed by atoms with Gasteiger partial charge in [-0.2, -0.15) is 5.10 Å². The highest BCUT2D eigenvalue weighted by molar-refractivity contribution is 5.97. The number of H-pyrrole nitrogens is 1. The van der Waals surface area contributed by atoms with E-state index in [0.29, 0.717) is 11.3 Å². The summed E-state index contributed by atoms with van der Waals surface area (Å²) in [5, 5.41) is 6.77. The van der Waals surface area contributed by atoms with Gasteiger partial charge in [-0.05, 0) is 12.5 Å². The number of nitrogen functional groups attached to an aromatic ring is 1. The fraction of sp³-hybridized carbons (Fsp3) is 0.333. The van der Waals surface area contributed by atoms with Gasteiger partial charge in [-0.25, -0.2) is 4.39 Å². The van der Waals surface area contributed by atoms with E-state index in [2.05, 4.69) is 10.2 Å². The fourth-order valence-corrected chi connectivity index (χ4v) is 2.13. The maximum Gasteiger partial charge on any atom is 0.276 e. The Bertz CT molecular complexity index is 638. The number of aromatic amines is 1. The number of aryl methyl sites for hydroxylation is 1. The van der Waals surface area contributed by atoms with E-state index in [1.165, 1.54) is 11.0 Å². The molecule has 0 saturated carbocycles. The third-order valence-electron chi connectivity index (χ3n) is 3.30. The van der Waals surface area contributed by atoms with Crippen molar-refractivity contribution in [3.05, 3.63) is 47.0 Å². The summed E-state index contributed by atoms with van der Waals surface area (Å²) in [6.07, 6.45) is 1.65. The third-order valence-corrected chi connectivity index (χ3v) is 3.30. The van der Waals surface area contributed by atoms with Crippen LogP contribution in [-0.4, -0.2) is 28.1 Å². The number of carbonyl (C=O) groups excluding carboxylic acids is 1. The van der Waals surface area contributed by atoms with Gasteiger partial charge in [0.2, 0.25) is 0 Å². The minimum atomic E-state index is -0.334. The molecule has 112 valence electrons. The second-order valence-electron chi connectivity index (χ2n) is 4.97. The lowest BCUT2D eigenvalue weighted by Gasteiger charge is -2.16. The Kier molecular flexibility index (Phi) is 4.57. The summed E-state index contributed by atoms with van der Waals surface area (Å²) in [7, 11) is 1.60. The maximum absolute atomic E-state index is 13.6. The molecule has 0 saturated heterocycles. The number of anilines is 1. The maximum atomic E-state index is 13.6. The van der Waals surface area contributed by atoms with Crippen LogP contribution in [0.1, 0.15) is 35.1 Å². The Hall–Kier alpha value is -2.37. The first-order valence-corrected chi connectivity index (χ1v) is 6.86. The van der Waals surface area contributed by atoms with Crippen molar-refractivity contribution in [2.75, 3.05) is 12.8 Å². The Labute approximate surface area is 123 Å². The molecule has 0 unspecified atom stereocenters. The predicted molar refractivity (Wildman–Crippen MR) is 79.2 cm³/mol. The van der Waals surface area contributed by atoms with Crippen LogP contribution in [0.5, 0.6) is 0 Å². The molecule has 0 bridgehead atoms. The number of nitrogens with two attached hydrogens (primary N) is 1. The quantitative estimate of drug-likeness (QED) is 0.887. The van der Waals surface area contributed by atoms with Crippen LogP contribution in [0, 0.1) is 5.82 Å². The van der Waals surface area contributed by atoms with Crippen LogP contribution in [0.3, 0.4) is 0 Å². The lowest BCUT2D eigenvalue weighted by molar-refractivity contribution is 0.0779. The standard InChI is InChI=1S/C15H19FN4O/c1-3-6-12-13(17)14(19-18-12)15(21)20(2)9-10-7-4-5-8-11(10)16/h4-5,7-8H,3,6,9,17H2,1-2H3,(H,18,19). The van der Waals surface area contributed by atoms with E-state index in [1.54, 1.807) is 25.2 Å². The van der Waals surface area contributed by atoms with Crippen molar-refractivity contribution in [2.24, 2.45) is 0 Å². The number of nitrogens with one attached hydrogen (secondary N) is 1. The lowest BCUT2D eigenvalue weighted by atomic mass is 10.1. The van der Waals surface area contributed by atoms with E-state index in [9.17, 15) is 9.18 Å². The Morgan fingerprint density at radius 1 is 1.43 bits per heavy atom. The van der Waals surface area contributed by atoms with Crippen molar-refractivity contribution < 1.29 is 9.18 Å². The van der Waals surface area contributed by atoms with Crippen molar-refractivity contribution in [3.8, 4) is 0 Å². The van der Waals surface area contributed by atoms with Crippen molar-refractivity contribution in [1.29, 1.82) is 0 Å². The van der Waals surface area contributed by atoms with Gasteiger partial charge in [0.25, 0.3) is 5.91 Å². The number of halogens is 1. The van der Waals surface area contributed by atoms with Gasteiger partial charge < -0.3 is 10.6 Å². The number of hydrogen-bond donors (Lipinski definition) is 2. The molecule has 0 aliphatic carbocycles. The van der Waals surface area contributed by atoms with Crippen LogP contribution in [0.2, 0.25) is 0 Å². The SMILES string of the molecule is CCCc1[nH]nc(C(=O)N(C)Cc2ccccc2F)c1N. The lowest BCUT2D eigenvalue weighted by Crippen LogP contribution is -2.27. The first-order chi connectivity index (χ1) is 10.0. The molecule has 0 aliphatic heterocycles. The summed E-state index contributed by atoms with van der Waals surface area (Å²) in [6, 6.07) is 6.37. The average Bonchev–Trinajstić information content (AvgIpc) is 2.82. The van der Waals surface area contributed by atoms with Crippen molar-refractivity contribution >= 4 is 11.6 Å². The third kappa shape index (κ3) is 3.21. The highest BCUT2D eigenvalue weighted by Crippen LogP contribution is 2.18. The highest BCUT2D eigenvalue weighted by atomic mass is 19.1. The molecule has 0 aliphatic rings. The van der Waals surface area contributed by atoms with E-state index < -0.39 is 0 Å². The number of rotatable bonds is 5. The van der Waals surface area contributed by atoms with Gasteiger partial charge in [-0.1, -0.05) is 31.5 Å². The minimum absolute atomic E-state index is 0.168. The number of amides is 1. The molecule has 0 fully saturated rings. The minimum Gasteiger partial charge on any atom is -0.395 e. The molecule has 0 spiro atoms. The molecule has 2 aromatic rings. The van der Waals surface area contributed by atoms with E-state index in [1.807, 2.05) is 6.92 Å². The normalized spacial score (nSPS) is 10.6. The summed E-state index contributed by atoms with van der Waals surface area (Å²) >= 11 is 0. The van der Waals surface area contributed by atoms with Gasteiger partial charge in [0.1, 0.15) is 5.82 Å². The molecule has 0 atom stereocenters. The second kappa shape index (κ2) is 6.39. The molecule has 0 radical (unpaired) electrons. The first-order valence-electron chi connectivity index (χ1n) is 6.86. The van der Waals surface area contributed by atoms with Crippen LogP contribution in [-0.2, 0) is 13.0 Å².